The van der Waals surface area contributed by atoms with Crippen molar-refractivity contribution in [3.63, 3.8) is 0 Å². The molecule has 1 N–H and O–H groups in total. The van der Waals surface area contributed by atoms with Gasteiger partial charge in [0.2, 0.25) is 0 Å². The third kappa shape index (κ3) is 2.71. The Morgan fingerprint density at radius 2 is 2.21 bits per heavy atom. The van der Waals surface area contributed by atoms with Gasteiger partial charge in [0.05, 0.1) is 29.5 Å². The van der Waals surface area contributed by atoms with E-state index >= 15 is 0 Å². The Bertz CT molecular complexity index is 806. The van der Waals surface area contributed by atoms with Gasteiger partial charge in [0.15, 0.2) is 5.82 Å². The predicted octanol–water partition coefficient (Wildman–Crippen LogP) is 2.81. The summed E-state index contributed by atoms with van der Waals surface area (Å²) in [5.74, 6) is 2.43. The maximum Gasteiger partial charge on any atom is 0.164 e. The molecule has 7 heteroatoms. The number of imidazole rings is 1. The van der Waals surface area contributed by atoms with Crippen molar-refractivity contribution in [2.75, 3.05) is 6.54 Å². The number of H-pyrrole nitrogens is 1. The molecule has 124 valence electrons. The minimum absolute atomic E-state index is 0.289. The van der Waals surface area contributed by atoms with E-state index in [1.807, 2.05) is 32.3 Å². The molecule has 24 heavy (non-hydrogen) atoms. The molecule has 0 unspecified atom stereocenters. The van der Waals surface area contributed by atoms with Gasteiger partial charge >= 0.3 is 0 Å². The van der Waals surface area contributed by atoms with Gasteiger partial charge in [0, 0.05) is 18.6 Å². The normalized spacial score (nSPS) is 18.3. The lowest BCUT2D eigenvalue weighted by molar-refractivity contribution is 0.239. The summed E-state index contributed by atoms with van der Waals surface area (Å²) in [4.78, 5) is 19.2. The first-order chi connectivity index (χ1) is 11.7. The van der Waals surface area contributed by atoms with E-state index in [2.05, 4.69) is 25.0 Å². The third-order valence-electron chi connectivity index (χ3n) is 4.55. The van der Waals surface area contributed by atoms with E-state index in [0.717, 1.165) is 54.5 Å². The van der Waals surface area contributed by atoms with Crippen LogP contribution in [0.1, 0.15) is 41.9 Å². The molecule has 4 heterocycles. The average Bonchev–Trinajstić information content (AvgIpc) is 3.31. The highest BCUT2D eigenvalue weighted by atomic mass is 16.5. The Labute approximate surface area is 140 Å². The molecule has 3 aromatic heterocycles. The van der Waals surface area contributed by atoms with E-state index in [-0.39, 0.29) is 6.04 Å². The van der Waals surface area contributed by atoms with Gasteiger partial charge in [-0.05, 0) is 39.3 Å². The summed E-state index contributed by atoms with van der Waals surface area (Å²) >= 11 is 0. The Kier molecular flexibility index (Phi) is 3.86. The van der Waals surface area contributed by atoms with E-state index in [1.54, 1.807) is 6.20 Å². The predicted molar refractivity (Wildman–Crippen MR) is 88.0 cm³/mol. The zero-order valence-corrected chi connectivity index (χ0v) is 13.9. The van der Waals surface area contributed by atoms with E-state index in [1.165, 1.54) is 0 Å². The summed E-state index contributed by atoms with van der Waals surface area (Å²) in [7, 11) is 0. The first-order valence-electron chi connectivity index (χ1n) is 8.21. The molecule has 0 bridgehead atoms. The maximum absolute atomic E-state index is 5.25. The van der Waals surface area contributed by atoms with Crippen molar-refractivity contribution < 1.29 is 4.52 Å². The van der Waals surface area contributed by atoms with Crippen LogP contribution in [0.4, 0.5) is 0 Å². The van der Waals surface area contributed by atoms with Crippen molar-refractivity contribution in [1.29, 1.82) is 0 Å². The van der Waals surface area contributed by atoms with Gasteiger partial charge in [0.25, 0.3) is 0 Å². The summed E-state index contributed by atoms with van der Waals surface area (Å²) in [5, 5.41) is 4.01. The number of aryl methyl sites for hydroxylation is 2. The van der Waals surface area contributed by atoms with E-state index in [9.17, 15) is 0 Å². The topological polar surface area (TPSA) is 83.7 Å². The molecule has 0 aliphatic carbocycles. The fourth-order valence-corrected chi connectivity index (χ4v) is 3.41. The van der Waals surface area contributed by atoms with Crippen molar-refractivity contribution in [3.8, 4) is 11.4 Å². The molecule has 0 spiro atoms. The lowest BCUT2D eigenvalue weighted by Crippen LogP contribution is -2.24. The van der Waals surface area contributed by atoms with Crippen LogP contribution in [0, 0.1) is 13.8 Å². The zero-order chi connectivity index (χ0) is 16.5. The number of likely N-dealkylation sites (tertiary alicyclic amines) is 1. The second kappa shape index (κ2) is 6.16. The summed E-state index contributed by atoms with van der Waals surface area (Å²) in [5.41, 5.74) is 2.76. The number of hydrogen-bond donors (Lipinski definition) is 1. The zero-order valence-electron chi connectivity index (χ0n) is 13.9. The third-order valence-corrected chi connectivity index (χ3v) is 4.55. The first-order valence-corrected chi connectivity index (χ1v) is 8.21. The molecule has 7 nitrogen and oxygen atoms in total. The molecule has 0 radical (unpaired) electrons. The largest absolute Gasteiger partial charge is 0.361 e. The van der Waals surface area contributed by atoms with Crippen LogP contribution in [0.3, 0.4) is 0 Å². The minimum atomic E-state index is 0.289. The van der Waals surface area contributed by atoms with Crippen LogP contribution in [0.25, 0.3) is 11.4 Å². The Hall–Kier alpha value is -2.54. The van der Waals surface area contributed by atoms with Gasteiger partial charge < -0.3 is 9.51 Å². The summed E-state index contributed by atoms with van der Waals surface area (Å²) in [6.45, 7) is 5.67. The number of rotatable bonds is 4. The molecule has 1 saturated heterocycles. The highest BCUT2D eigenvalue weighted by Crippen LogP contribution is 2.33. The summed E-state index contributed by atoms with van der Waals surface area (Å²) in [6.07, 6.45) is 7.74. The minimum Gasteiger partial charge on any atom is -0.361 e. The van der Waals surface area contributed by atoms with Gasteiger partial charge in [-0.15, -0.1) is 0 Å². The van der Waals surface area contributed by atoms with Gasteiger partial charge in [0.1, 0.15) is 11.6 Å². The van der Waals surface area contributed by atoms with Gasteiger partial charge in [-0.2, -0.15) is 0 Å². The molecular formula is C17H20N6O. The second-order valence-electron chi connectivity index (χ2n) is 6.17. The van der Waals surface area contributed by atoms with Gasteiger partial charge in [-0.25, -0.2) is 15.0 Å². The maximum atomic E-state index is 5.25. The molecule has 3 aromatic rings. The molecule has 0 amide bonds. The molecule has 1 fully saturated rings. The number of aromatic amines is 1. The molecule has 4 rings (SSSR count). The molecule has 1 aliphatic rings. The van der Waals surface area contributed by atoms with Crippen LogP contribution in [0.15, 0.2) is 29.2 Å². The Balaban J connectivity index is 1.63. The van der Waals surface area contributed by atoms with Crippen molar-refractivity contribution in [2.45, 2.75) is 39.3 Å². The van der Waals surface area contributed by atoms with E-state index < -0.39 is 0 Å². The Morgan fingerprint density at radius 1 is 1.29 bits per heavy atom. The number of nitrogens with zero attached hydrogens (tertiary/aromatic N) is 5. The molecule has 0 aromatic carbocycles. The van der Waals surface area contributed by atoms with Crippen LogP contribution < -0.4 is 0 Å². The fourth-order valence-electron chi connectivity index (χ4n) is 3.41. The van der Waals surface area contributed by atoms with Crippen LogP contribution in [0.5, 0.6) is 0 Å². The summed E-state index contributed by atoms with van der Waals surface area (Å²) in [6, 6.07) is 2.30. The SMILES string of the molecule is Cc1noc(C)c1-c1nccc([C@H]2CCCN2Cc2ncc[nH]2)n1. The molecular weight excluding hydrogens is 304 g/mol. The second-order valence-corrected chi connectivity index (χ2v) is 6.17. The molecule has 1 atom stereocenters. The van der Waals surface area contributed by atoms with Crippen LogP contribution >= 0.6 is 0 Å². The highest BCUT2D eigenvalue weighted by Gasteiger charge is 2.28. The smallest absolute Gasteiger partial charge is 0.164 e. The molecule has 1 aliphatic heterocycles. The fraction of sp³-hybridized carbons (Fsp3) is 0.412. The Morgan fingerprint density at radius 3 is 2.96 bits per heavy atom. The highest BCUT2D eigenvalue weighted by molar-refractivity contribution is 5.59. The van der Waals surface area contributed by atoms with Crippen molar-refractivity contribution >= 4 is 0 Å². The number of aromatic nitrogens is 5. The van der Waals surface area contributed by atoms with Crippen LogP contribution in [-0.2, 0) is 6.54 Å². The number of nitrogens with one attached hydrogen (secondary N) is 1. The standard InChI is InChI=1S/C17H20N6O/c1-11-16(12(2)24-22-11)17-20-6-5-13(21-17)14-4-3-9-23(14)10-15-18-7-8-19-15/h5-8,14H,3-4,9-10H2,1-2H3,(H,18,19)/t14-/m1/s1. The number of hydrogen-bond acceptors (Lipinski definition) is 6. The summed E-state index contributed by atoms with van der Waals surface area (Å²) < 4.78 is 5.25. The van der Waals surface area contributed by atoms with E-state index in [0.29, 0.717) is 5.82 Å². The van der Waals surface area contributed by atoms with E-state index in [4.69, 9.17) is 9.51 Å². The van der Waals surface area contributed by atoms with Crippen LogP contribution in [-0.4, -0.2) is 36.5 Å². The van der Waals surface area contributed by atoms with Crippen molar-refractivity contribution in [2.24, 2.45) is 0 Å². The lowest BCUT2D eigenvalue weighted by Gasteiger charge is -2.23. The van der Waals surface area contributed by atoms with Gasteiger partial charge in [-0.1, -0.05) is 5.16 Å². The monoisotopic (exact) mass is 324 g/mol. The molecule has 0 saturated carbocycles. The lowest BCUT2D eigenvalue weighted by atomic mass is 10.1. The first kappa shape index (κ1) is 15.0. The quantitative estimate of drug-likeness (QED) is 0.794. The van der Waals surface area contributed by atoms with Crippen molar-refractivity contribution in [3.05, 3.63) is 47.6 Å². The van der Waals surface area contributed by atoms with Gasteiger partial charge in [-0.3, -0.25) is 4.90 Å². The van der Waals surface area contributed by atoms with Crippen molar-refractivity contribution in [1.82, 2.24) is 30.0 Å². The van der Waals surface area contributed by atoms with Crippen LogP contribution in [0.2, 0.25) is 0 Å². The average molecular weight is 324 g/mol.